The molecule has 0 aromatic heterocycles. The molecule has 0 bridgehead atoms. The first kappa shape index (κ1) is 23.9. The first-order valence-electron chi connectivity index (χ1n) is 10.3. The number of ether oxygens (including phenoxy) is 1. The summed E-state index contributed by atoms with van der Waals surface area (Å²) in [6.07, 6.45) is 13.4. The van der Waals surface area contributed by atoms with Crippen molar-refractivity contribution in [3.63, 3.8) is 0 Å². The molecule has 3 N–H and O–H groups in total. The molecule has 1 aliphatic rings. The van der Waals surface area contributed by atoms with Crippen molar-refractivity contribution in [2.75, 3.05) is 7.11 Å². The summed E-state index contributed by atoms with van der Waals surface area (Å²) in [5, 5.41) is 31.1. The molecule has 1 rings (SSSR count). The van der Waals surface area contributed by atoms with E-state index in [0.717, 1.165) is 32.1 Å². The summed E-state index contributed by atoms with van der Waals surface area (Å²) >= 11 is 0. The number of aliphatic hydroxyl groups is 3. The Bertz CT molecular complexity index is 483. The van der Waals surface area contributed by atoms with Crippen molar-refractivity contribution < 1.29 is 24.9 Å². The minimum absolute atomic E-state index is 0.0560. The predicted octanol–water partition coefficient (Wildman–Crippen LogP) is 3.52. The Morgan fingerprint density at radius 2 is 1.93 bits per heavy atom. The second-order valence-corrected chi connectivity index (χ2v) is 7.96. The minimum Gasteiger partial charge on any atom is -0.469 e. The van der Waals surface area contributed by atoms with Gasteiger partial charge in [-0.15, -0.1) is 0 Å². The highest BCUT2D eigenvalue weighted by Crippen LogP contribution is 2.37. The topological polar surface area (TPSA) is 87.0 Å². The third-order valence-electron chi connectivity index (χ3n) is 5.43. The molecule has 1 aliphatic carbocycles. The Labute approximate surface area is 164 Å². The van der Waals surface area contributed by atoms with Crippen LogP contribution in [0.4, 0.5) is 0 Å². The Morgan fingerprint density at radius 1 is 1.19 bits per heavy atom. The monoisotopic (exact) mass is 382 g/mol. The molecule has 0 amide bonds. The fraction of sp³-hybridized carbons (Fsp3) is 0.773. The van der Waals surface area contributed by atoms with Crippen molar-refractivity contribution in [3.05, 3.63) is 24.3 Å². The summed E-state index contributed by atoms with van der Waals surface area (Å²) in [5.74, 6) is -0.411. The number of carbonyl (C=O) groups is 1. The predicted molar refractivity (Wildman–Crippen MR) is 107 cm³/mol. The smallest absolute Gasteiger partial charge is 0.305 e. The van der Waals surface area contributed by atoms with Gasteiger partial charge in [-0.25, -0.2) is 0 Å². The number of unbranched alkanes of at least 4 members (excludes halogenated alkanes) is 3. The van der Waals surface area contributed by atoms with Crippen LogP contribution in [0.5, 0.6) is 0 Å². The van der Waals surface area contributed by atoms with Gasteiger partial charge in [0.05, 0.1) is 24.9 Å². The van der Waals surface area contributed by atoms with Crippen LogP contribution in [0.3, 0.4) is 0 Å². The number of esters is 1. The molecule has 5 heteroatoms. The molecular weight excluding hydrogens is 344 g/mol. The fourth-order valence-electron chi connectivity index (χ4n) is 3.68. The summed E-state index contributed by atoms with van der Waals surface area (Å²) < 4.78 is 4.61. The SMILES string of the molecule is CCCCC[C@@](C)(O)C=C[C@@H]1[C@@H](CC=CCCCC(=O)OC)[C@@H](O)C[C@H]1O. The van der Waals surface area contributed by atoms with Gasteiger partial charge in [-0.3, -0.25) is 4.79 Å². The van der Waals surface area contributed by atoms with Gasteiger partial charge in [0.25, 0.3) is 0 Å². The summed E-state index contributed by atoms with van der Waals surface area (Å²) in [6, 6.07) is 0. The molecule has 0 unspecified atom stereocenters. The number of hydrogen-bond donors (Lipinski definition) is 3. The quantitative estimate of drug-likeness (QED) is 0.273. The molecule has 1 saturated carbocycles. The maximum absolute atomic E-state index is 11.1. The summed E-state index contributed by atoms with van der Waals surface area (Å²) in [5.41, 5.74) is -0.878. The highest BCUT2D eigenvalue weighted by molar-refractivity contribution is 5.69. The lowest BCUT2D eigenvalue weighted by Gasteiger charge is -2.23. The Hall–Kier alpha value is -1.17. The second kappa shape index (κ2) is 12.3. The lowest BCUT2D eigenvalue weighted by molar-refractivity contribution is -0.140. The molecule has 0 radical (unpaired) electrons. The van der Waals surface area contributed by atoms with Gasteiger partial charge in [-0.05, 0) is 38.5 Å². The van der Waals surface area contributed by atoms with E-state index in [4.69, 9.17) is 0 Å². The number of hydrogen-bond acceptors (Lipinski definition) is 5. The molecule has 0 aliphatic heterocycles. The summed E-state index contributed by atoms with van der Waals surface area (Å²) in [6.45, 7) is 3.93. The molecule has 0 heterocycles. The Morgan fingerprint density at radius 3 is 2.59 bits per heavy atom. The minimum atomic E-state index is -0.878. The molecular formula is C22H38O5. The van der Waals surface area contributed by atoms with Gasteiger partial charge < -0.3 is 20.1 Å². The van der Waals surface area contributed by atoms with Crippen LogP contribution in [0, 0.1) is 11.8 Å². The Kier molecular flexibility index (Phi) is 10.9. The van der Waals surface area contributed by atoms with Crippen LogP contribution < -0.4 is 0 Å². The molecule has 0 aromatic carbocycles. The maximum Gasteiger partial charge on any atom is 0.305 e. The molecule has 5 nitrogen and oxygen atoms in total. The van der Waals surface area contributed by atoms with Crippen LogP contribution >= 0.6 is 0 Å². The zero-order valence-corrected chi connectivity index (χ0v) is 17.1. The number of aliphatic hydroxyl groups excluding tert-OH is 2. The van der Waals surface area contributed by atoms with E-state index in [0.29, 0.717) is 25.7 Å². The van der Waals surface area contributed by atoms with E-state index in [1.807, 2.05) is 18.2 Å². The van der Waals surface area contributed by atoms with Crippen molar-refractivity contribution in [1.29, 1.82) is 0 Å². The van der Waals surface area contributed by atoms with Gasteiger partial charge in [-0.1, -0.05) is 50.5 Å². The van der Waals surface area contributed by atoms with Crippen molar-refractivity contribution in [2.24, 2.45) is 11.8 Å². The van der Waals surface area contributed by atoms with E-state index >= 15 is 0 Å². The normalized spacial score (nSPS) is 28.1. The van der Waals surface area contributed by atoms with Gasteiger partial charge in [0, 0.05) is 18.8 Å². The first-order chi connectivity index (χ1) is 12.8. The van der Waals surface area contributed by atoms with Crippen LogP contribution in [0.2, 0.25) is 0 Å². The third-order valence-corrected chi connectivity index (χ3v) is 5.43. The molecule has 27 heavy (non-hydrogen) atoms. The van der Waals surface area contributed by atoms with Crippen LogP contribution in [-0.2, 0) is 9.53 Å². The molecule has 1 fully saturated rings. The van der Waals surface area contributed by atoms with Gasteiger partial charge in [0.2, 0.25) is 0 Å². The standard InChI is InChI=1S/C22H38O5/c1-4-5-10-14-22(2,26)15-13-18-17(19(23)16-20(18)24)11-8-6-7-9-12-21(25)27-3/h6,8,13,15,17-20,23-24,26H,4-5,7,9-12,14,16H2,1-3H3/t17-,18-,19+,20-,22-/m1/s1. The van der Waals surface area contributed by atoms with E-state index in [-0.39, 0.29) is 17.8 Å². The maximum atomic E-state index is 11.1. The molecule has 5 atom stereocenters. The van der Waals surface area contributed by atoms with Gasteiger partial charge in [0.15, 0.2) is 0 Å². The van der Waals surface area contributed by atoms with Crippen LogP contribution in [0.25, 0.3) is 0 Å². The molecule has 0 spiro atoms. The first-order valence-corrected chi connectivity index (χ1v) is 10.3. The van der Waals surface area contributed by atoms with E-state index in [9.17, 15) is 20.1 Å². The van der Waals surface area contributed by atoms with Crippen LogP contribution in [0.1, 0.15) is 71.6 Å². The Balaban J connectivity index is 2.54. The number of rotatable bonds is 12. The van der Waals surface area contributed by atoms with E-state index in [1.165, 1.54) is 7.11 Å². The van der Waals surface area contributed by atoms with Crippen molar-refractivity contribution >= 4 is 5.97 Å². The highest BCUT2D eigenvalue weighted by atomic mass is 16.5. The fourth-order valence-corrected chi connectivity index (χ4v) is 3.68. The van der Waals surface area contributed by atoms with Crippen molar-refractivity contribution in [1.82, 2.24) is 0 Å². The van der Waals surface area contributed by atoms with Crippen LogP contribution in [0.15, 0.2) is 24.3 Å². The second-order valence-electron chi connectivity index (χ2n) is 7.96. The lowest BCUT2D eigenvalue weighted by atomic mass is 9.88. The number of methoxy groups -OCH3 is 1. The molecule has 0 saturated heterocycles. The van der Waals surface area contributed by atoms with E-state index < -0.39 is 17.8 Å². The highest BCUT2D eigenvalue weighted by Gasteiger charge is 2.39. The average Bonchev–Trinajstić information content (AvgIpc) is 2.89. The number of carbonyl (C=O) groups excluding carboxylic acids is 1. The van der Waals surface area contributed by atoms with Gasteiger partial charge in [0.1, 0.15) is 0 Å². The zero-order valence-electron chi connectivity index (χ0n) is 17.1. The van der Waals surface area contributed by atoms with Crippen LogP contribution in [-0.4, -0.2) is 46.2 Å². The third kappa shape index (κ3) is 9.04. The summed E-state index contributed by atoms with van der Waals surface area (Å²) in [4.78, 5) is 11.1. The molecule has 156 valence electrons. The molecule has 0 aromatic rings. The lowest BCUT2D eigenvalue weighted by Crippen LogP contribution is -2.24. The largest absolute Gasteiger partial charge is 0.469 e. The van der Waals surface area contributed by atoms with Crippen molar-refractivity contribution in [3.8, 4) is 0 Å². The van der Waals surface area contributed by atoms with Crippen molar-refractivity contribution in [2.45, 2.75) is 89.4 Å². The van der Waals surface area contributed by atoms with E-state index in [2.05, 4.69) is 11.7 Å². The summed E-state index contributed by atoms with van der Waals surface area (Å²) in [7, 11) is 1.39. The van der Waals surface area contributed by atoms with Gasteiger partial charge >= 0.3 is 5.97 Å². The van der Waals surface area contributed by atoms with E-state index in [1.54, 1.807) is 13.0 Å². The van der Waals surface area contributed by atoms with Gasteiger partial charge in [-0.2, -0.15) is 0 Å². The zero-order chi connectivity index (χ0) is 20.3. The average molecular weight is 383 g/mol. The number of allylic oxidation sites excluding steroid dienone is 2.